The van der Waals surface area contributed by atoms with Crippen LogP contribution in [0.4, 0.5) is 0 Å². The van der Waals surface area contributed by atoms with E-state index in [4.69, 9.17) is 16.1 Å². The van der Waals surface area contributed by atoms with Gasteiger partial charge in [0, 0.05) is 36.6 Å². The maximum Gasteiger partial charge on any atom is 0.292 e. The highest BCUT2D eigenvalue weighted by Gasteiger charge is 2.28. The Hall–Kier alpha value is -2.70. The van der Waals surface area contributed by atoms with Crippen LogP contribution in [-0.4, -0.2) is 33.1 Å². The predicted molar refractivity (Wildman–Crippen MR) is 97.6 cm³/mol. The minimum absolute atomic E-state index is 0.0244. The summed E-state index contributed by atoms with van der Waals surface area (Å²) in [5.74, 6) is -0.339. The summed E-state index contributed by atoms with van der Waals surface area (Å²) >= 11 is 5.92. The standard InChI is InChI=1S/C19H18ClN3O3/c1-12(24)16-17(14-5-7-15(20)8-6-14)22-26-18(16)19(25)23(2)11-13-4-3-9-21-10-13/h3-10,12,24H,11H2,1-2H3/t12-/m0/s1. The fourth-order valence-corrected chi connectivity index (χ4v) is 2.79. The van der Waals surface area contributed by atoms with E-state index < -0.39 is 6.10 Å². The van der Waals surface area contributed by atoms with Gasteiger partial charge < -0.3 is 14.5 Å². The van der Waals surface area contributed by atoms with Crippen LogP contribution < -0.4 is 0 Å². The lowest BCUT2D eigenvalue weighted by Gasteiger charge is -2.16. The Labute approximate surface area is 156 Å². The van der Waals surface area contributed by atoms with E-state index in [0.717, 1.165) is 5.56 Å². The monoisotopic (exact) mass is 371 g/mol. The molecule has 3 aromatic rings. The molecule has 7 heteroatoms. The fraction of sp³-hybridized carbons (Fsp3) is 0.211. The SMILES string of the molecule is C[C@H](O)c1c(-c2ccc(Cl)cc2)noc1C(=O)N(C)Cc1cccnc1. The molecule has 1 amide bonds. The number of carbonyl (C=O) groups excluding carboxylic acids is 1. The van der Waals surface area contributed by atoms with Gasteiger partial charge in [0.05, 0.1) is 11.7 Å². The van der Waals surface area contributed by atoms with E-state index in [9.17, 15) is 9.90 Å². The molecule has 0 aliphatic rings. The first-order valence-electron chi connectivity index (χ1n) is 8.05. The number of carbonyl (C=O) groups is 1. The van der Waals surface area contributed by atoms with Gasteiger partial charge in [-0.15, -0.1) is 0 Å². The minimum atomic E-state index is -0.919. The number of pyridine rings is 1. The van der Waals surface area contributed by atoms with Crippen molar-refractivity contribution in [2.45, 2.75) is 19.6 Å². The van der Waals surface area contributed by atoms with Crippen molar-refractivity contribution in [3.05, 3.63) is 70.7 Å². The predicted octanol–water partition coefficient (Wildman–Crippen LogP) is 3.72. The first kappa shape index (κ1) is 18.1. The lowest BCUT2D eigenvalue weighted by molar-refractivity contribution is 0.0735. The van der Waals surface area contributed by atoms with Gasteiger partial charge in [0.1, 0.15) is 5.69 Å². The van der Waals surface area contributed by atoms with E-state index in [1.165, 1.54) is 4.90 Å². The van der Waals surface area contributed by atoms with Gasteiger partial charge in [-0.1, -0.05) is 35.0 Å². The van der Waals surface area contributed by atoms with Crippen LogP contribution in [0.2, 0.25) is 5.02 Å². The lowest BCUT2D eigenvalue weighted by Crippen LogP contribution is -2.27. The lowest BCUT2D eigenvalue weighted by atomic mass is 10.0. The summed E-state index contributed by atoms with van der Waals surface area (Å²) in [7, 11) is 1.66. The van der Waals surface area contributed by atoms with Gasteiger partial charge in [0.25, 0.3) is 5.91 Å². The molecule has 6 nitrogen and oxygen atoms in total. The van der Waals surface area contributed by atoms with Gasteiger partial charge in [0.15, 0.2) is 0 Å². The molecule has 134 valence electrons. The Morgan fingerprint density at radius 1 is 1.31 bits per heavy atom. The Morgan fingerprint density at radius 2 is 2.04 bits per heavy atom. The van der Waals surface area contributed by atoms with Crippen molar-refractivity contribution >= 4 is 17.5 Å². The second kappa shape index (κ2) is 7.68. The average Bonchev–Trinajstić information content (AvgIpc) is 3.07. The average molecular weight is 372 g/mol. The smallest absolute Gasteiger partial charge is 0.292 e. The first-order valence-corrected chi connectivity index (χ1v) is 8.43. The number of hydrogen-bond donors (Lipinski definition) is 1. The van der Waals surface area contributed by atoms with Gasteiger partial charge >= 0.3 is 0 Å². The molecule has 26 heavy (non-hydrogen) atoms. The summed E-state index contributed by atoms with van der Waals surface area (Å²) in [6.45, 7) is 1.94. The van der Waals surface area contributed by atoms with E-state index in [-0.39, 0.29) is 11.7 Å². The largest absolute Gasteiger partial charge is 0.388 e. The Kier molecular flexibility index (Phi) is 5.35. The number of halogens is 1. The van der Waals surface area contributed by atoms with Gasteiger partial charge in [-0.2, -0.15) is 0 Å². The number of aromatic nitrogens is 2. The molecule has 0 spiro atoms. The highest BCUT2D eigenvalue weighted by molar-refractivity contribution is 6.30. The quantitative estimate of drug-likeness (QED) is 0.739. The van der Waals surface area contributed by atoms with Gasteiger partial charge in [-0.25, -0.2) is 0 Å². The molecular formula is C19H18ClN3O3. The summed E-state index contributed by atoms with van der Waals surface area (Å²) in [5, 5.41) is 14.8. The molecule has 1 N–H and O–H groups in total. The number of aliphatic hydroxyl groups is 1. The molecule has 0 radical (unpaired) electrons. The van der Waals surface area contributed by atoms with E-state index >= 15 is 0 Å². The van der Waals surface area contributed by atoms with Crippen LogP contribution in [0.25, 0.3) is 11.3 Å². The van der Waals surface area contributed by atoms with Crippen molar-refractivity contribution in [1.29, 1.82) is 0 Å². The summed E-state index contributed by atoms with van der Waals surface area (Å²) < 4.78 is 5.31. The third kappa shape index (κ3) is 3.76. The third-order valence-corrected chi connectivity index (χ3v) is 4.20. The van der Waals surface area contributed by atoms with Crippen molar-refractivity contribution in [2.24, 2.45) is 0 Å². The number of nitrogens with zero attached hydrogens (tertiary/aromatic N) is 3. The number of rotatable bonds is 5. The molecule has 0 aliphatic heterocycles. The fourth-order valence-electron chi connectivity index (χ4n) is 2.67. The molecule has 0 aliphatic carbocycles. The number of amides is 1. The zero-order valence-corrected chi connectivity index (χ0v) is 15.1. The molecule has 2 aromatic heterocycles. The van der Waals surface area contributed by atoms with Crippen molar-refractivity contribution in [3.8, 4) is 11.3 Å². The van der Waals surface area contributed by atoms with E-state index in [1.807, 2.05) is 12.1 Å². The molecule has 0 unspecified atom stereocenters. The number of hydrogen-bond acceptors (Lipinski definition) is 5. The molecule has 0 fully saturated rings. The molecular weight excluding hydrogens is 354 g/mol. The van der Waals surface area contributed by atoms with Crippen LogP contribution in [0, 0.1) is 0 Å². The third-order valence-electron chi connectivity index (χ3n) is 3.95. The van der Waals surface area contributed by atoms with Crippen LogP contribution in [0.5, 0.6) is 0 Å². The molecule has 0 saturated carbocycles. The number of aliphatic hydroxyl groups excluding tert-OH is 1. The summed E-state index contributed by atoms with van der Waals surface area (Å²) in [4.78, 5) is 18.3. The highest BCUT2D eigenvalue weighted by atomic mass is 35.5. The molecule has 0 saturated heterocycles. The van der Waals surface area contributed by atoms with Crippen molar-refractivity contribution < 1.29 is 14.4 Å². The van der Waals surface area contributed by atoms with E-state index in [2.05, 4.69) is 10.1 Å². The van der Waals surface area contributed by atoms with Crippen LogP contribution in [-0.2, 0) is 6.54 Å². The minimum Gasteiger partial charge on any atom is -0.388 e. The Morgan fingerprint density at radius 3 is 2.65 bits per heavy atom. The molecule has 3 rings (SSSR count). The van der Waals surface area contributed by atoms with Gasteiger partial charge in [-0.3, -0.25) is 9.78 Å². The molecule has 1 atom stereocenters. The maximum absolute atomic E-state index is 12.8. The van der Waals surface area contributed by atoms with E-state index in [1.54, 1.807) is 50.6 Å². The second-order valence-electron chi connectivity index (χ2n) is 5.98. The summed E-state index contributed by atoms with van der Waals surface area (Å²) in [5.41, 5.74) is 2.38. The Bertz CT molecular complexity index is 892. The molecule has 1 aromatic carbocycles. The summed E-state index contributed by atoms with van der Waals surface area (Å²) in [6, 6.07) is 10.6. The number of benzene rings is 1. The van der Waals surface area contributed by atoms with E-state index in [0.29, 0.717) is 28.4 Å². The zero-order valence-electron chi connectivity index (χ0n) is 14.4. The van der Waals surface area contributed by atoms with Gasteiger partial charge in [-0.05, 0) is 30.7 Å². The zero-order chi connectivity index (χ0) is 18.7. The topological polar surface area (TPSA) is 79.5 Å². The maximum atomic E-state index is 12.8. The first-order chi connectivity index (χ1) is 12.5. The summed E-state index contributed by atoms with van der Waals surface area (Å²) in [6.07, 6.45) is 2.45. The van der Waals surface area contributed by atoms with Gasteiger partial charge in [0.2, 0.25) is 5.76 Å². The van der Waals surface area contributed by atoms with Crippen molar-refractivity contribution in [2.75, 3.05) is 7.05 Å². The molecule has 2 heterocycles. The van der Waals surface area contributed by atoms with Crippen LogP contribution >= 0.6 is 11.6 Å². The second-order valence-corrected chi connectivity index (χ2v) is 6.42. The van der Waals surface area contributed by atoms with Crippen molar-refractivity contribution in [3.63, 3.8) is 0 Å². The van der Waals surface area contributed by atoms with Crippen molar-refractivity contribution in [1.82, 2.24) is 15.0 Å². The Balaban J connectivity index is 1.92. The molecule has 0 bridgehead atoms. The van der Waals surface area contributed by atoms with Crippen LogP contribution in [0.15, 0.2) is 53.3 Å². The van der Waals surface area contributed by atoms with Crippen LogP contribution in [0.1, 0.15) is 34.7 Å². The van der Waals surface area contributed by atoms with Crippen LogP contribution in [0.3, 0.4) is 0 Å². The normalized spacial score (nSPS) is 12.0. The highest BCUT2D eigenvalue weighted by Crippen LogP contribution is 2.32.